The fourth-order valence-corrected chi connectivity index (χ4v) is 3.86. The lowest BCUT2D eigenvalue weighted by molar-refractivity contribution is -0.148. The van der Waals surface area contributed by atoms with E-state index in [1.807, 2.05) is 11.8 Å². The van der Waals surface area contributed by atoms with Crippen LogP contribution < -0.4 is 0 Å². The summed E-state index contributed by atoms with van der Waals surface area (Å²) in [5.41, 5.74) is 0. The Morgan fingerprint density at radius 3 is 2.55 bits per heavy atom. The summed E-state index contributed by atoms with van der Waals surface area (Å²) in [6.45, 7) is 5.44. The molecule has 2 fully saturated rings. The summed E-state index contributed by atoms with van der Waals surface area (Å²) >= 11 is 0. The third kappa shape index (κ3) is 3.74. The van der Waals surface area contributed by atoms with Gasteiger partial charge in [0.2, 0.25) is 5.91 Å². The van der Waals surface area contributed by atoms with E-state index in [0.29, 0.717) is 31.8 Å². The highest BCUT2D eigenvalue weighted by molar-refractivity contribution is 5.77. The van der Waals surface area contributed by atoms with E-state index in [-0.39, 0.29) is 17.7 Å². The number of carboxylic acid groups (broad SMARTS) is 1. The van der Waals surface area contributed by atoms with Crippen molar-refractivity contribution in [1.82, 2.24) is 4.90 Å². The molecule has 0 bridgehead atoms. The number of nitrogens with zero attached hydrogens (tertiary/aromatic N) is 1. The predicted octanol–water partition coefficient (Wildman–Crippen LogP) is 2.77. The van der Waals surface area contributed by atoms with E-state index < -0.39 is 5.97 Å². The van der Waals surface area contributed by atoms with Crippen molar-refractivity contribution >= 4 is 11.9 Å². The molecule has 4 atom stereocenters. The predicted molar refractivity (Wildman–Crippen MR) is 77.2 cm³/mol. The van der Waals surface area contributed by atoms with E-state index in [1.165, 1.54) is 25.7 Å². The van der Waals surface area contributed by atoms with E-state index in [9.17, 15) is 9.59 Å². The molecule has 4 heteroatoms. The van der Waals surface area contributed by atoms with E-state index in [2.05, 4.69) is 6.92 Å². The third-order valence-electron chi connectivity index (χ3n) is 5.08. The molecule has 2 aliphatic rings. The van der Waals surface area contributed by atoms with Crippen LogP contribution in [0, 0.1) is 23.7 Å². The second-order valence-electron chi connectivity index (χ2n) is 6.89. The van der Waals surface area contributed by atoms with Crippen molar-refractivity contribution in [3.8, 4) is 0 Å². The molecular formula is C16H27NO3. The summed E-state index contributed by atoms with van der Waals surface area (Å²) in [5, 5.41) is 9.12. The quantitative estimate of drug-likeness (QED) is 0.865. The highest BCUT2D eigenvalue weighted by Crippen LogP contribution is 2.32. The number of hydrogen-bond acceptors (Lipinski definition) is 2. The molecular weight excluding hydrogens is 254 g/mol. The standard InChI is InChI=1S/C16H27NO3/c1-11-4-3-5-13(8-11)9-15(18)17-7-6-14(16(19)20)12(2)10-17/h11-14H,3-10H2,1-2H3,(H,19,20). The zero-order valence-electron chi connectivity index (χ0n) is 12.7. The maximum absolute atomic E-state index is 12.4. The van der Waals surface area contributed by atoms with Gasteiger partial charge in [-0.05, 0) is 37.0 Å². The molecule has 1 heterocycles. The van der Waals surface area contributed by atoms with Crippen LogP contribution in [0.15, 0.2) is 0 Å². The van der Waals surface area contributed by atoms with Crippen LogP contribution in [0.25, 0.3) is 0 Å². The average Bonchev–Trinajstić information content (AvgIpc) is 2.38. The van der Waals surface area contributed by atoms with Gasteiger partial charge in [0.1, 0.15) is 0 Å². The van der Waals surface area contributed by atoms with Crippen molar-refractivity contribution in [3.63, 3.8) is 0 Å². The van der Waals surface area contributed by atoms with Gasteiger partial charge >= 0.3 is 5.97 Å². The molecule has 1 saturated carbocycles. The SMILES string of the molecule is CC1CCCC(CC(=O)N2CCC(C(=O)O)C(C)C2)C1. The van der Waals surface area contributed by atoms with Crippen molar-refractivity contribution in [1.29, 1.82) is 0 Å². The molecule has 114 valence electrons. The van der Waals surface area contributed by atoms with E-state index in [4.69, 9.17) is 5.11 Å². The number of likely N-dealkylation sites (tertiary alicyclic amines) is 1. The molecule has 20 heavy (non-hydrogen) atoms. The van der Waals surface area contributed by atoms with Crippen LogP contribution in [0.3, 0.4) is 0 Å². The van der Waals surface area contributed by atoms with Gasteiger partial charge in [0, 0.05) is 19.5 Å². The minimum atomic E-state index is -0.717. The number of carbonyl (C=O) groups is 2. The zero-order chi connectivity index (χ0) is 14.7. The number of rotatable bonds is 3. The molecule has 4 unspecified atom stereocenters. The topological polar surface area (TPSA) is 57.6 Å². The van der Waals surface area contributed by atoms with E-state index in [0.717, 1.165) is 5.92 Å². The van der Waals surface area contributed by atoms with E-state index >= 15 is 0 Å². The Balaban J connectivity index is 1.83. The van der Waals surface area contributed by atoms with Crippen molar-refractivity contribution < 1.29 is 14.7 Å². The molecule has 0 aromatic rings. The van der Waals surface area contributed by atoms with Gasteiger partial charge in [-0.15, -0.1) is 0 Å². The van der Waals surface area contributed by atoms with Crippen LogP contribution in [0.4, 0.5) is 0 Å². The lowest BCUT2D eigenvalue weighted by Gasteiger charge is -2.36. The minimum absolute atomic E-state index is 0.0653. The monoisotopic (exact) mass is 281 g/mol. The van der Waals surface area contributed by atoms with Gasteiger partial charge in [-0.25, -0.2) is 0 Å². The lowest BCUT2D eigenvalue weighted by Crippen LogP contribution is -2.45. The molecule has 4 nitrogen and oxygen atoms in total. The molecule has 0 radical (unpaired) electrons. The summed E-state index contributed by atoms with van der Waals surface area (Å²) in [5.74, 6) is 0.590. The lowest BCUT2D eigenvalue weighted by atomic mass is 9.80. The second kappa shape index (κ2) is 6.59. The number of amides is 1. The van der Waals surface area contributed by atoms with Crippen LogP contribution in [-0.4, -0.2) is 35.0 Å². The van der Waals surface area contributed by atoms with Crippen molar-refractivity contribution in [2.45, 2.75) is 52.4 Å². The first kappa shape index (κ1) is 15.3. The molecule has 1 amide bonds. The molecule has 2 rings (SSSR count). The van der Waals surface area contributed by atoms with Crippen molar-refractivity contribution in [2.24, 2.45) is 23.7 Å². The number of piperidine rings is 1. The van der Waals surface area contributed by atoms with Crippen molar-refractivity contribution in [3.05, 3.63) is 0 Å². The van der Waals surface area contributed by atoms with E-state index in [1.54, 1.807) is 0 Å². The van der Waals surface area contributed by atoms with Gasteiger partial charge in [0.15, 0.2) is 0 Å². The first-order valence-electron chi connectivity index (χ1n) is 7.98. The number of carbonyl (C=O) groups excluding carboxylic acids is 1. The first-order chi connectivity index (χ1) is 9.47. The Hall–Kier alpha value is -1.06. The summed E-state index contributed by atoms with van der Waals surface area (Å²) in [7, 11) is 0. The van der Waals surface area contributed by atoms with Gasteiger partial charge in [-0.1, -0.05) is 26.7 Å². The maximum Gasteiger partial charge on any atom is 0.306 e. The molecule has 0 spiro atoms. The van der Waals surface area contributed by atoms with Gasteiger partial charge in [0.25, 0.3) is 0 Å². The largest absolute Gasteiger partial charge is 0.481 e. The Labute approximate surface area is 121 Å². The highest BCUT2D eigenvalue weighted by Gasteiger charge is 2.33. The Kier molecular flexibility index (Phi) is 5.06. The maximum atomic E-state index is 12.4. The summed E-state index contributed by atoms with van der Waals surface area (Å²) in [4.78, 5) is 25.4. The fourth-order valence-electron chi connectivity index (χ4n) is 3.86. The number of aliphatic carboxylic acids is 1. The minimum Gasteiger partial charge on any atom is -0.481 e. The fraction of sp³-hybridized carbons (Fsp3) is 0.875. The van der Waals surface area contributed by atoms with Crippen molar-refractivity contribution in [2.75, 3.05) is 13.1 Å². The van der Waals surface area contributed by atoms with Crippen LogP contribution >= 0.6 is 0 Å². The smallest absolute Gasteiger partial charge is 0.306 e. The average molecular weight is 281 g/mol. The van der Waals surface area contributed by atoms with Gasteiger partial charge < -0.3 is 10.0 Å². The van der Waals surface area contributed by atoms with Crippen LogP contribution in [0.1, 0.15) is 52.4 Å². The van der Waals surface area contributed by atoms with Gasteiger partial charge in [-0.2, -0.15) is 0 Å². The second-order valence-corrected chi connectivity index (χ2v) is 6.89. The third-order valence-corrected chi connectivity index (χ3v) is 5.08. The van der Waals surface area contributed by atoms with Gasteiger partial charge in [-0.3, -0.25) is 9.59 Å². The van der Waals surface area contributed by atoms with Crippen LogP contribution in [0.2, 0.25) is 0 Å². The first-order valence-corrected chi connectivity index (χ1v) is 7.98. The summed E-state index contributed by atoms with van der Waals surface area (Å²) in [6.07, 6.45) is 6.16. The van der Waals surface area contributed by atoms with Crippen LogP contribution in [-0.2, 0) is 9.59 Å². The zero-order valence-corrected chi connectivity index (χ0v) is 12.7. The van der Waals surface area contributed by atoms with Crippen LogP contribution in [0.5, 0.6) is 0 Å². The molecule has 1 aliphatic carbocycles. The summed E-state index contributed by atoms with van der Waals surface area (Å²) < 4.78 is 0. The highest BCUT2D eigenvalue weighted by atomic mass is 16.4. The molecule has 0 aromatic heterocycles. The molecule has 0 aromatic carbocycles. The van der Waals surface area contributed by atoms with Gasteiger partial charge in [0.05, 0.1) is 5.92 Å². The Bertz CT molecular complexity index is 369. The molecule has 1 aliphatic heterocycles. The summed E-state index contributed by atoms with van der Waals surface area (Å²) in [6, 6.07) is 0. The number of hydrogen-bond donors (Lipinski definition) is 1. The molecule has 1 saturated heterocycles. The Morgan fingerprint density at radius 2 is 1.95 bits per heavy atom. The normalized spacial score (nSPS) is 34.8. The molecule has 1 N–H and O–H groups in total. The number of carboxylic acids is 1. The Morgan fingerprint density at radius 1 is 1.20 bits per heavy atom.